The average molecular weight is 968 g/mol. The number of hydrogen-bond acceptors (Lipinski definition) is 0. The maximum absolute atomic E-state index is 4.93. The van der Waals surface area contributed by atoms with E-state index in [-0.39, 0.29) is 0 Å². The summed E-state index contributed by atoms with van der Waals surface area (Å²) in [5.41, 5.74) is 8.58. The molecule has 60 heavy (non-hydrogen) atoms. The number of hydrogen-bond donors (Lipinski definition) is 0. The van der Waals surface area contributed by atoms with Crippen LogP contribution in [-0.2, 0) is 33.7 Å². The molecule has 6 aromatic carbocycles. The van der Waals surface area contributed by atoms with Crippen LogP contribution < -0.4 is 10.4 Å². The molecule has 0 bridgehead atoms. The molecule has 2 saturated carbocycles. The zero-order valence-corrected chi connectivity index (χ0v) is 45.2. The van der Waals surface area contributed by atoms with E-state index in [2.05, 4.69) is 162 Å². The molecule has 0 saturated heterocycles. The molecule has 0 aliphatic heterocycles. The normalized spacial score (nSPS) is 15.4. The van der Waals surface area contributed by atoms with Crippen LogP contribution in [0, 0.1) is 11.8 Å². The third-order valence-corrected chi connectivity index (χ3v) is 16.9. The Bertz CT molecular complexity index is 1980. The summed E-state index contributed by atoms with van der Waals surface area (Å²) in [5.74, 6) is 1.78. The van der Waals surface area contributed by atoms with Gasteiger partial charge in [-0.2, -0.15) is 12.1 Å². The van der Waals surface area contributed by atoms with Gasteiger partial charge < -0.3 is 0 Å². The van der Waals surface area contributed by atoms with Gasteiger partial charge in [0, 0.05) is 9.52 Å². The van der Waals surface area contributed by atoms with Crippen LogP contribution in [0.4, 0.5) is 0 Å². The standard InChI is InChI=1S/2C26H33Si.C2H6Si.2ClH.Zr/c2*1-27(2,3)24-15-13-22(14-16-24)25-12-8-11-23-18-21(19-26(23)25)17-20-9-6-4-5-7-10-20;1-3-2;;;/h2*8,11-16,18-20H,4-7,9-10,17H2,1-3H3;1-2H3;2*1H;/q2*-1;;;;+4/p-2. The molecule has 0 aromatic heterocycles. The van der Waals surface area contributed by atoms with Crippen molar-refractivity contribution in [2.75, 3.05) is 0 Å². The zero-order valence-electron chi connectivity index (χ0n) is 38.2. The van der Waals surface area contributed by atoms with Crippen molar-refractivity contribution in [2.45, 2.75) is 142 Å². The zero-order chi connectivity index (χ0) is 43.1. The fourth-order valence-corrected chi connectivity index (χ4v) is 11.8. The second-order valence-corrected chi connectivity index (χ2v) is 34.6. The molecule has 8 rings (SSSR count). The molecule has 0 atom stereocenters. The number of benzene rings is 4. The Hall–Kier alpha value is -1.79. The van der Waals surface area contributed by atoms with E-state index in [1.165, 1.54) is 144 Å². The fourth-order valence-electron chi connectivity index (χ4n) is 9.44. The molecule has 2 aliphatic carbocycles. The summed E-state index contributed by atoms with van der Waals surface area (Å²) in [4.78, 5) is 0. The molecule has 0 unspecified atom stereocenters. The summed E-state index contributed by atoms with van der Waals surface area (Å²) in [6, 6.07) is 42.2. The van der Waals surface area contributed by atoms with Gasteiger partial charge in [-0.25, -0.2) is 0 Å². The van der Waals surface area contributed by atoms with Crippen LogP contribution in [0.2, 0.25) is 52.4 Å². The first kappa shape index (κ1) is 49.2. The molecular weight excluding hydrogens is 895 g/mol. The summed E-state index contributed by atoms with van der Waals surface area (Å²) in [6.07, 6.45) is 19.7. The molecule has 0 nitrogen and oxygen atoms in total. The van der Waals surface area contributed by atoms with Gasteiger partial charge in [-0.05, 0) is 35.8 Å². The number of fused-ring (bicyclic) bond motifs is 2. The molecule has 2 fully saturated rings. The summed E-state index contributed by atoms with van der Waals surface area (Å²) >= 11 is -0.826. The van der Waals surface area contributed by atoms with Gasteiger partial charge in [-0.3, -0.25) is 0 Å². The molecule has 6 aromatic rings. The first-order valence-corrected chi connectivity index (χ1v) is 38.3. The van der Waals surface area contributed by atoms with Gasteiger partial charge in [-0.1, -0.05) is 212 Å². The van der Waals surface area contributed by atoms with E-state index in [1.54, 1.807) is 11.1 Å². The minimum absolute atomic E-state index is 0.826. The summed E-state index contributed by atoms with van der Waals surface area (Å²) in [6.45, 7) is 18.8. The molecule has 0 N–H and O–H groups in total. The average Bonchev–Trinajstić information content (AvgIpc) is 3.61. The van der Waals surface area contributed by atoms with Crippen LogP contribution in [0.25, 0.3) is 43.8 Å². The van der Waals surface area contributed by atoms with Crippen molar-refractivity contribution in [2.24, 2.45) is 11.8 Å². The first-order valence-electron chi connectivity index (χ1n) is 23.0. The van der Waals surface area contributed by atoms with Crippen LogP contribution in [0.1, 0.15) is 88.2 Å². The Morgan fingerprint density at radius 2 is 0.833 bits per heavy atom. The van der Waals surface area contributed by atoms with Crippen molar-refractivity contribution < 1.29 is 20.8 Å². The molecule has 2 radical (unpaired) electrons. The summed E-state index contributed by atoms with van der Waals surface area (Å²) in [7, 11) is 8.48. The van der Waals surface area contributed by atoms with Crippen molar-refractivity contribution >= 4 is 74.6 Å². The van der Waals surface area contributed by atoms with Crippen molar-refractivity contribution in [1.29, 1.82) is 0 Å². The molecule has 2 aliphatic rings. The van der Waals surface area contributed by atoms with Gasteiger partial charge in [-0.15, -0.1) is 69.1 Å². The van der Waals surface area contributed by atoms with Gasteiger partial charge in [0.2, 0.25) is 0 Å². The van der Waals surface area contributed by atoms with Crippen molar-refractivity contribution in [3.63, 3.8) is 0 Å². The Morgan fingerprint density at radius 1 is 0.517 bits per heavy atom. The van der Waals surface area contributed by atoms with Gasteiger partial charge >= 0.3 is 37.9 Å². The molecular formula is C54H72Cl2Si3Zr. The second kappa shape index (κ2) is 24.3. The number of halogens is 2. The number of rotatable bonds is 8. The summed E-state index contributed by atoms with van der Waals surface area (Å²) in [5, 5.41) is 8.75. The first-order chi connectivity index (χ1) is 28.8. The molecule has 0 amide bonds. The SMILES string of the molecule is C[Si](C)(C)c1ccc(-c2cccc3[cH-]c(CC4CCCCCC4)cc23)cc1.C[Si](C)(C)c1ccc(-c2cccc3[cH-]c(CC4CCCCCC4)cc23)cc1.C[Si]C.[Cl][Zr+2][Cl]. The Kier molecular flexibility index (Phi) is 20.0. The molecule has 318 valence electrons. The van der Waals surface area contributed by atoms with Gasteiger partial charge in [0.25, 0.3) is 0 Å². The van der Waals surface area contributed by atoms with Crippen LogP contribution in [0.15, 0.2) is 109 Å². The van der Waals surface area contributed by atoms with E-state index in [0.717, 1.165) is 21.4 Å². The van der Waals surface area contributed by atoms with Crippen LogP contribution in [-0.4, -0.2) is 25.7 Å². The van der Waals surface area contributed by atoms with Crippen molar-refractivity contribution in [3.8, 4) is 22.3 Å². The molecule has 0 heterocycles. The van der Waals surface area contributed by atoms with Crippen molar-refractivity contribution in [1.82, 2.24) is 0 Å². The van der Waals surface area contributed by atoms with E-state index in [0.29, 0.717) is 0 Å². The summed E-state index contributed by atoms with van der Waals surface area (Å²) < 4.78 is 0. The topological polar surface area (TPSA) is 0 Å². The maximum atomic E-state index is 4.93. The van der Waals surface area contributed by atoms with Crippen LogP contribution in [0.5, 0.6) is 0 Å². The predicted octanol–water partition coefficient (Wildman–Crippen LogP) is 16.7. The third-order valence-electron chi connectivity index (χ3n) is 12.7. The van der Waals surface area contributed by atoms with E-state index >= 15 is 0 Å². The van der Waals surface area contributed by atoms with Gasteiger partial charge in [0.15, 0.2) is 0 Å². The minimum atomic E-state index is -1.24. The fraction of sp³-hybridized carbons (Fsp3) is 0.444. The van der Waals surface area contributed by atoms with E-state index in [9.17, 15) is 0 Å². The van der Waals surface area contributed by atoms with Gasteiger partial charge in [0.1, 0.15) is 0 Å². The molecule has 6 heteroatoms. The van der Waals surface area contributed by atoms with Crippen molar-refractivity contribution in [3.05, 3.63) is 120 Å². The van der Waals surface area contributed by atoms with E-state index < -0.39 is 37.0 Å². The van der Waals surface area contributed by atoms with E-state index in [1.807, 2.05) is 0 Å². The monoisotopic (exact) mass is 964 g/mol. The Balaban J connectivity index is 0.000000201. The molecule has 0 spiro atoms. The predicted molar refractivity (Wildman–Crippen MR) is 275 cm³/mol. The third kappa shape index (κ3) is 14.6. The van der Waals surface area contributed by atoms with Gasteiger partial charge in [0.05, 0.1) is 16.1 Å². The Morgan fingerprint density at radius 3 is 1.13 bits per heavy atom. The van der Waals surface area contributed by atoms with Crippen LogP contribution in [0.3, 0.4) is 0 Å². The Labute approximate surface area is 388 Å². The van der Waals surface area contributed by atoms with E-state index in [4.69, 9.17) is 17.0 Å². The quantitative estimate of drug-likeness (QED) is 0.0810. The second-order valence-electron chi connectivity index (χ2n) is 19.7. The van der Waals surface area contributed by atoms with Crippen LogP contribution >= 0.6 is 17.0 Å².